The molecule has 4 aromatic rings. The summed E-state index contributed by atoms with van der Waals surface area (Å²) in [5, 5.41) is 10.6. The normalized spacial score (nSPS) is 17.5. The second-order valence-corrected chi connectivity index (χ2v) is 8.27. The number of nitrogens with zero attached hydrogens (tertiary/aromatic N) is 5. The summed E-state index contributed by atoms with van der Waals surface area (Å²) in [5.74, 6) is 1.63. The predicted octanol–water partition coefficient (Wildman–Crippen LogP) is 5.14. The van der Waals surface area contributed by atoms with E-state index in [1.165, 1.54) is 18.4 Å². The van der Waals surface area contributed by atoms with E-state index in [-0.39, 0.29) is 0 Å². The number of halogens is 1. The second-order valence-electron chi connectivity index (χ2n) is 7.83. The highest BCUT2D eigenvalue weighted by Crippen LogP contribution is 2.33. The third-order valence-corrected chi connectivity index (χ3v) is 5.77. The molecule has 28 heavy (non-hydrogen) atoms. The topological polar surface area (TPSA) is 46.3 Å². The minimum absolute atomic E-state index is 0.653. The van der Waals surface area contributed by atoms with Crippen LogP contribution in [0.1, 0.15) is 25.3 Å². The van der Waals surface area contributed by atoms with Crippen molar-refractivity contribution in [2.75, 3.05) is 18.0 Å². The molecule has 0 saturated carbocycles. The average Bonchev–Trinajstić information content (AvgIpc) is 3.11. The molecule has 0 aliphatic carbocycles. The van der Waals surface area contributed by atoms with E-state index in [1.54, 1.807) is 0 Å². The lowest BCUT2D eigenvalue weighted by Gasteiger charge is -2.32. The Bertz CT molecular complexity index is 1180. The first-order valence-corrected chi connectivity index (χ1v) is 10.1. The smallest absolute Gasteiger partial charge is 0.186 e. The van der Waals surface area contributed by atoms with E-state index in [9.17, 15) is 0 Å². The van der Waals surface area contributed by atoms with E-state index in [0.29, 0.717) is 10.9 Å². The zero-order chi connectivity index (χ0) is 19.3. The molecule has 1 atom stereocenters. The van der Waals surface area contributed by atoms with Gasteiger partial charge in [-0.15, -0.1) is 5.10 Å². The van der Waals surface area contributed by atoms with Crippen LogP contribution in [0.4, 0.5) is 5.82 Å². The van der Waals surface area contributed by atoms with Crippen LogP contribution in [-0.2, 0) is 0 Å². The summed E-state index contributed by atoms with van der Waals surface area (Å²) >= 11 is 6.34. The van der Waals surface area contributed by atoms with Crippen molar-refractivity contribution in [3.05, 3.63) is 53.1 Å². The fourth-order valence-corrected chi connectivity index (χ4v) is 4.35. The number of hydrogen-bond donors (Lipinski definition) is 0. The molecule has 1 saturated heterocycles. The summed E-state index contributed by atoms with van der Waals surface area (Å²) in [4.78, 5) is 7.46. The Morgan fingerprint density at radius 2 is 2.04 bits per heavy atom. The van der Waals surface area contributed by atoms with Crippen molar-refractivity contribution in [3.63, 3.8) is 0 Å². The predicted molar refractivity (Wildman–Crippen MR) is 114 cm³/mol. The molecule has 2 aromatic carbocycles. The van der Waals surface area contributed by atoms with Crippen molar-refractivity contribution in [2.45, 2.75) is 26.7 Å². The Morgan fingerprint density at radius 3 is 2.86 bits per heavy atom. The summed E-state index contributed by atoms with van der Waals surface area (Å²) in [7, 11) is 0. The SMILES string of the molecule is Cc1cccc(-c2nnn3c2nc(N2CCCC(C)C2)c2cc(Cl)ccc23)c1. The minimum Gasteiger partial charge on any atom is -0.356 e. The molecule has 2 aromatic heterocycles. The first-order chi connectivity index (χ1) is 13.6. The molecule has 142 valence electrons. The summed E-state index contributed by atoms with van der Waals surface area (Å²) in [6, 6.07) is 14.2. The van der Waals surface area contributed by atoms with Crippen molar-refractivity contribution in [1.82, 2.24) is 19.8 Å². The molecule has 1 unspecified atom stereocenters. The van der Waals surface area contributed by atoms with Gasteiger partial charge in [-0.25, -0.2) is 4.98 Å². The first kappa shape index (κ1) is 17.4. The molecule has 0 N–H and O–H groups in total. The Balaban J connectivity index is 1.79. The molecule has 3 heterocycles. The highest BCUT2D eigenvalue weighted by atomic mass is 35.5. The van der Waals surface area contributed by atoms with E-state index in [1.807, 2.05) is 28.8 Å². The third kappa shape index (κ3) is 2.90. The maximum Gasteiger partial charge on any atom is 0.186 e. The molecule has 5 nitrogen and oxygen atoms in total. The molecule has 1 fully saturated rings. The summed E-state index contributed by atoms with van der Waals surface area (Å²) in [6.45, 7) is 6.40. The van der Waals surface area contributed by atoms with Crippen LogP contribution in [-0.4, -0.2) is 32.9 Å². The third-order valence-electron chi connectivity index (χ3n) is 5.53. The van der Waals surface area contributed by atoms with Crippen molar-refractivity contribution in [2.24, 2.45) is 5.92 Å². The molecule has 1 aliphatic heterocycles. The molecular formula is C22H22ClN5. The minimum atomic E-state index is 0.653. The Hall–Kier alpha value is -2.66. The molecule has 0 amide bonds. The number of hydrogen-bond acceptors (Lipinski definition) is 4. The van der Waals surface area contributed by atoms with Crippen molar-refractivity contribution in [1.29, 1.82) is 0 Å². The zero-order valence-electron chi connectivity index (χ0n) is 16.1. The van der Waals surface area contributed by atoms with Gasteiger partial charge in [0.1, 0.15) is 11.5 Å². The van der Waals surface area contributed by atoms with Gasteiger partial charge in [-0.2, -0.15) is 4.52 Å². The van der Waals surface area contributed by atoms with Crippen LogP contribution in [0.3, 0.4) is 0 Å². The molecule has 1 aliphatic rings. The van der Waals surface area contributed by atoms with Gasteiger partial charge in [0, 0.05) is 29.1 Å². The number of piperidine rings is 1. The number of aromatic nitrogens is 4. The summed E-state index contributed by atoms with van der Waals surface area (Å²) in [6.07, 6.45) is 2.44. The van der Waals surface area contributed by atoms with Gasteiger partial charge in [0.15, 0.2) is 5.65 Å². The van der Waals surface area contributed by atoms with Crippen LogP contribution in [0.2, 0.25) is 5.02 Å². The lowest BCUT2D eigenvalue weighted by molar-refractivity contribution is 0.445. The fourth-order valence-electron chi connectivity index (χ4n) is 4.17. The van der Waals surface area contributed by atoms with E-state index in [2.05, 4.69) is 47.3 Å². The van der Waals surface area contributed by atoms with Crippen LogP contribution in [0.5, 0.6) is 0 Å². The van der Waals surface area contributed by atoms with E-state index in [4.69, 9.17) is 16.6 Å². The van der Waals surface area contributed by atoms with E-state index in [0.717, 1.165) is 46.7 Å². The van der Waals surface area contributed by atoms with Gasteiger partial charge in [-0.1, -0.05) is 47.5 Å². The van der Waals surface area contributed by atoms with Crippen molar-refractivity contribution < 1.29 is 0 Å². The Morgan fingerprint density at radius 1 is 1.14 bits per heavy atom. The zero-order valence-corrected chi connectivity index (χ0v) is 16.8. The quantitative estimate of drug-likeness (QED) is 0.474. The van der Waals surface area contributed by atoms with E-state index >= 15 is 0 Å². The van der Waals surface area contributed by atoms with Crippen LogP contribution < -0.4 is 4.90 Å². The molecule has 0 bridgehead atoms. The molecule has 5 rings (SSSR count). The number of rotatable bonds is 2. The van der Waals surface area contributed by atoms with Gasteiger partial charge in [0.25, 0.3) is 0 Å². The van der Waals surface area contributed by atoms with Crippen LogP contribution >= 0.6 is 11.6 Å². The number of benzene rings is 2. The number of aryl methyl sites for hydroxylation is 1. The average molecular weight is 392 g/mol. The van der Waals surface area contributed by atoms with Gasteiger partial charge in [0.05, 0.1) is 5.52 Å². The van der Waals surface area contributed by atoms with Crippen LogP contribution in [0.15, 0.2) is 42.5 Å². The summed E-state index contributed by atoms with van der Waals surface area (Å²) in [5.41, 5.74) is 4.81. The fraction of sp³-hybridized carbons (Fsp3) is 0.318. The Labute approximate surface area is 168 Å². The first-order valence-electron chi connectivity index (χ1n) is 9.77. The van der Waals surface area contributed by atoms with Gasteiger partial charge >= 0.3 is 0 Å². The van der Waals surface area contributed by atoms with Gasteiger partial charge < -0.3 is 4.90 Å². The maximum absolute atomic E-state index is 6.34. The number of fused-ring (bicyclic) bond motifs is 3. The largest absolute Gasteiger partial charge is 0.356 e. The highest BCUT2D eigenvalue weighted by Gasteiger charge is 2.23. The van der Waals surface area contributed by atoms with E-state index < -0.39 is 0 Å². The Kier molecular flexibility index (Phi) is 4.20. The van der Waals surface area contributed by atoms with Gasteiger partial charge in [-0.05, 0) is 49.9 Å². The highest BCUT2D eigenvalue weighted by molar-refractivity contribution is 6.31. The second kappa shape index (κ2) is 6.74. The lowest BCUT2D eigenvalue weighted by Crippen LogP contribution is -2.35. The van der Waals surface area contributed by atoms with Gasteiger partial charge in [0.2, 0.25) is 0 Å². The lowest BCUT2D eigenvalue weighted by atomic mass is 10.00. The maximum atomic E-state index is 6.34. The molecule has 0 spiro atoms. The molecule has 0 radical (unpaired) electrons. The van der Waals surface area contributed by atoms with Crippen molar-refractivity contribution in [3.8, 4) is 11.3 Å². The van der Waals surface area contributed by atoms with Gasteiger partial charge in [-0.3, -0.25) is 0 Å². The summed E-state index contributed by atoms with van der Waals surface area (Å²) < 4.78 is 1.83. The molecule has 6 heteroatoms. The number of anilines is 1. The molecular weight excluding hydrogens is 370 g/mol. The standard InChI is InChI=1S/C22H22ClN5/c1-14-5-3-7-16(11-14)20-22-24-21(27-10-4-6-15(2)13-27)18-12-17(23)8-9-19(18)28(22)26-25-20/h3,5,7-9,11-12,15H,4,6,10,13H2,1-2H3. The van der Waals surface area contributed by atoms with Crippen LogP contribution in [0, 0.1) is 12.8 Å². The van der Waals surface area contributed by atoms with Crippen LogP contribution in [0.25, 0.3) is 27.8 Å². The monoisotopic (exact) mass is 391 g/mol. The van der Waals surface area contributed by atoms with Crippen molar-refractivity contribution >= 4 is 34.0 Å².